The number of H-pyrrole nitrogens is 1. The van der Waals surface area contributed by atoms with Gasteiger partial charge < -0.3 is 9.64 Å². The average molecular weight is 412 g/mol. The Kier molecular flexibility index (Phi) is 6.42. The van der Waals surface area contributed by atoms with Crippen molar-refractivity contribution in [1.29, 1.82) is 0 Å². The first kappa shape index (κ1) is 19.9. The molecule has 1 aliphatic rings. The highest BCUT2D eigenvalue weighted by Crippen LogP contribution is 2.26. The van der Waals surface area contributed by atoms with Gasteiger partial charge in [0, 0.05) is 36.2 Å². The standard InChI is InChI=1S/C22H26ClN5O/c1-29-21-15-17(6-10-24-21)7-11-28-12-8-18(9-13-28)22-25-20(26-27-22)14-16-2-4-19(23)5-3-16/h2-6,10,15,18H,7-9,11-14H2,1H3,(H,25,26,27). The molecule has 7 heteroatoms. The molecule has 0 spiro atoms. The van der Waals surface area contributed by atoms with E-state index in [1.807, 2.05) is 36.5 Å². The molecule has 2 aromatic heterocycles. The molecule has 152 valence electrons. The second-order valence-corrected chi connectivity index (χ2v) is 7.95. The third kappa shape index (κ3) is 5.34. The van der Waals surface area contributed by atoms with Gasteiger partial charge in [0.2, 0.25) is 5.88 Å². The monoisotopic (exact) mass is 411 g/mol. The van der Waals surface area contributed by atoms with E-state index in [2.05, 4.69) is 26.1 Å². The van der Waals surface area contributed by atoms with E-state index in [0.29, 0.717) is 11.8 Å². The number of nitrogens with zero attached hydrogens (tertiary/aromatic N) is 4. The van der Waals surface area contributed by atoms with E-state index in [1.165, 1.54) is 11.1 Å². The molecule has 1 fully saturated rings. The Morgan fingerprint density at radius 1 is 1.14 bits per heavy atom. The molecule has 29 heavy (non-hydrogen) atoms. The van der Waals surface area contributed by atoms with Gasteiger partial charge in [-0.05, 0) is 61.7 Å². The molecule has 1 aromatic carbocycles. The largest absolute Gasteiger partial charge is 0.481 e. The Morgan fingerprint density at radius 3 is 2.69 bits per heavy atom. The zero-order valence-electron chi connectivity index (χ0n) is 16.6. The number of hydrogen-bond donors (Lipinski definition) is 1. The van der Waals surface area contributed by atoms with E-state index in [9.17, 15) is 0 Å². The molecule has 1 N–H and O–H groups in total. The minimum Gasteiger partial charge on any atom is -0.481 e. The predicted molar refractivity (Wildman–Crippen MR) is 114 cm³/mol. The zero-order valence-corrected chi connectivity index (χ0v) is 17.4. The summed E-state index contributed by atoms with van der Waals surface area (Å²) < 4.78 is 5.21. The third-order valence-corrected chi connectivity index (χ3v) is 5.76. The molecule has 0 saturated carbocycles. The van der Waals surface area contributed by atoms with Crippen LogP contribution in [0.1, 0.15) is 41.5 Å². The molecule has 0 amide bonds. The van der Waals surface area contributed by atoms with Crippen LogP contribution in [0.3, 0.4) is 0 Å². The van der Waals surface area contributed by atoms with E-state index < -0.39 is 0 Å². The fraction of sp³-hybridized carbons (Fsp3) is 0.409. The molecule has 0 unspecified atom stereocenters. The Labute approximate surface area is 176 Å². The molecule has 1 saturated heterocycles. The van der Waals surface area contributed by atoms with Crippen LogP contribution < -0.4 is 4.74 Å². The molecule has 3 heterocycles. The van der Waals surface area contributed by atoms with Gasteiger partial charge in [-0.25, -0.2) is 9.97 Å². The van der Waals surface area contributed by atoms with Crippen LogP contribution in [0.25, 0.3) is 0 Å². The Bertz CT molecular complexity index is 919. The highest BCUT2D eigenvalue weighted by molar-refractivity contribution is 6.30. The maximum absolute atomic E-state index is 5.95. The number of likely N-dealkylation sites (tertiary alicyclic amines) is 1. The van der Waals surface area contributed by atoms with Crippen LogP contribution in [0.15, 0.2) is 42.6 Å². The van der Waals surface area contributed by atoms with Crippen LogP contribution in [0.4, 0.5) is 0 Å². The maximum Gasteiger partial charge on any atom is 0.213 e. The van der Waals surface area contributed by atoms with Gasteiger partial charge in [-0.15, -0.1) is 0 Å². The molecule has 4 rings (SSSR count). The smallest absolute Gasteiger partial charge is 0.213 e. The van der Waals surface area contributed by atoms with E-state index >= 15 is 0 Å². The quantitative estimate of drug-likeness (QED) is 0.639. The number of piperidine rings is 1. The lowest BCUT2D eigenvalue weighted by molar-refractivity contribution is 0.211. The summed E-state index contributed by atoms with van der Waals surface area (Å²) in [5, 5.41) is 8.35. The van der Waals surface area contributed by atoms with Crippen molar-refractivity contribution in [3.63, 3.8) is 0 Å². The summed E-state index contributed by atoms with van der Waals surface area (Å²) in [5.74, 6) is 2.98. The van der Waals surface area contributed by atoms with E-state index in [4.69, 9.17) is 21.3 Å². The van der Waals surface area contributed by atoms with Gasteiger partial charge >= 0.3 is 0 Å². The minimum atomic E-state index is 0.433. The van der Waals surface area contributed by atoms with Crippen LogP contribution in [-0.4, -0.2) is 51.8 Å². The topological polar surface area (TPSA) is 66.9 Å². The van der Waals surface area contributed by atoms with Gasteiger partial charge in [-0.1, -0.05) is 23.7 Å². The Balaban J connectivity index is 1.26. The zero-order chi connectivity index (χ0) is 20.1. The van der Waals surface area contributed by atoms with Crippen molar-refractivity contribution in [3.05, 3.63) is 70.4 Å². The molecule has 0 bridgehead atoms. The van der Waals surface area contributed by atoms with E-state index in [-0.39, 0.29) is 0 Å². The van der Waals surface area contributed by atoms with Crippen molar-refractivity contribution < 1.29 is 4.74 Å². The van der Waals surface area contributed by atoms with Gasteiger partial charge in [-0.2, -0.15) is 5.10 Å². The van der Waals surface area contributed by atoms with Crippen LogP contribution >= 0.6 is 11.6 Å². The van der Waals surface area contributed by atoms with Crippen LogP contribution in [0.5, 0.6) is 5.88 Å². The molecular weight excluding hydrogens is 386 g/mol. The molecule has 0 aliphatic carbocycles. The Hall–Kier alpha value is -2.44. The summed E-state index contributed by atoms with van der Waals surface area (Å²) in [6.45, 7) is 3.21. The maximum atomic E-state index is 5.95. The van der Waals surface area contributed by atoms with E-state index in [1.54, 1.807) is 7.11 Å². The number of nitrogens with one attached hydrogen (secondary N) is 1. The van der Waals surface area contributed by atoms with Gasteiger partial charge in [0.15, 0.2) is 5.82 Å². The summed E-state index contributed by atoms with van der Waals surface area (Å²) in [4.78, 5) is 11.4. The lowest BCUT2D eigenvalue weighted by Gasteiger charge is -2.30. The van der Waals surface area contributed by atoms with Crippen molar-refractivity contribution in [2.75, 3.05) is 26.7 Å². The molecule has 1 aliphatic heterocycles. The number of aromatic nitrogens is 4. The first-order valence-corrected chi connectivity index (χ1v) is 10.4. The first-order valence-electron chi connectivity index (χ1n) is 10.1. The van der Waals surface area contributed by atoms with Crippen LogP contribution in [0, 0.1) is 0 Å². The van der Waals surface area contributed by atoms with Crippen molar-refractivity contribution in [2.24, 2.45) is 0 Å². The fourth-order valence-electron chi connectivity index (χ4n) is 3.79. The van der Waals surface area contributed by atoms with Crippen molar-refractivity contribution in [1.82, 2.24) is 25.1 Å². The number of hydrogen-bond acceptors (Lipinski definition) is 5. The predicted octanol–water partition coefficient (Wildman–Crippen LogP) is 3.87. The molecule has 6 nitrogen and oxygen atoms in total. The second-order valence-electron chi connectivity index (χ2n) is 7.52. The molecule has 0 atom stereocenters. The van der Waals surface area contributed by atoms with Crippen LogP contribution in [-0.2, 0) is 12.8 Å². The van der Waals surface area contributed by atoms with Gasteiger partial charge in [0.25, 0.3) is 0 Å². The van der Waals surface area contributed by atoms with Crippen molar-refractivity contribution in [2.45, 2.75) is 31.6 Å². The SMILES string of the molecule is COc1cc(CCN2CCC(c3n[nH]c(Cc4ccc(Cl)cc4)n3)CC2)ccn1. The summed E-state index contributed by atoms with van der Waals surface area (Å²) in [7, 11) is 1.65. The Morgan fingerprint density at radius 2 is 1.93 bits per heavy atom. The number of benzene rings is 1. The van der Waals surface area contributed by atoms with Crippen molar-refractivity contribution >= 4 is 11.6 Å². The lowest BCUT2D eigenvalue weighted by atomic mass is 9.96. The number of ether oxygens (including phenoxy) is 1. The van der Waals surface area contributed by atoms with E-state index in [0.717, 1.165) is 62.0 Å². The lowest BCUT2D eigenvalue weighted by Crippen LogP contribution is -2.34. The highest BCUT2D eigenvalue weighted by atomic mass is 35.5. The number of halogens is 1. The summed E-state index contributed by atoms with van der Waals surface area (Å²) in [5.41, 5.74) is 2.44. The number of methoxy groups -OCH3 is 1. The van der Waals surface area contributed by atoms with Crippen molar-refractivity contribution in [3.8, 4) is 5.88 Å². The molecule has 3 aromatic rings. The minimum absolute atomic E-state index is 0.433. The summed E-state index contributed by atoms with van der Waals surface area (Å²) in [6.07, 6.45) is 5.76. The van der Waals surface area contributed by atoms with Gasteiger partial charge in [0.1, 0.15) is 5.82 Å². The second kappa shape index (κ2) is 9.37. The molecular formula is C22H26ClN5O. The average Bonchev–Trinajstić information content (AvgIpc) is 3.23. The number of aromatic amines is 1. The van der Waals surface area contributed by atoms with Crippen LogP contribution in [0.2, 0.25) is 5.02 Å². The summed E-state index contributed by atoms with van der Waals surface area (Å²) >= 11 is 5.95. The van der Waals surface area contributed by atoms with Gasteiger partial charge in [-0.3, -0.25) is 5.10 Å². The first-order chi connectivity index (χ1) is 14.2. The summed E-state index contributed by atoms with van der Waals surface area (Å²) in [6, 6.07) is 12.0. The third-order valence-electron chi connectivity index (χ3n) is 5.51. The van der Waals surface area contributed by atoms with Gasteiger partial charge in [0.05, 0.1) is 7.11 Å². The number of rotatable bonds is 7. The normalized spacial score (nSPS) is 15.5. The molecule has 0 radical (unpaired) electrons. The highest BCUT2D eigenvalue weighted by Gasteiger charge is 2.23. The number of pyridine rings is 1. The fourth-order valence-corrected chi connectivity index (χ4v) is 3.91.